The molecule has 7 heteroatoms. The van der Waals surface area contributed by atoms with Crippen LogP contribution in [0.4, 0.5) is 13.2 Å². The molecular weight excluding hydrogens is 285 g/mol. The third kappa shape index (κ3) is 4.10. The Morgan fingerprint density at radius 1 is 1.33 bits per heavy atom. The maximum Gasteiger partial charge on any atom is 0.389 e. The van der Waals surface area contributed by atoms with Gasteiger partial charge in [-0.3, -0.25) is 10.1 Å². The topological polar surface area (TPSA) is 41.6 Å². The monoisotopic (exact) mass is 302 g/mol. The first kappa shape index (κ1) is 15.6. The van der Waals surface area contributed by atoms with Gasteiger partial charge in [0.1, 0.15) is 11.9 Å². The third-order valence-corrected chi connectivity index (χ3v) is 3.37. The molecule has 1 heterocycles. The van der Waals surface area contributed by atoms with Crippen molar-refractivity contribution in [2.75, 3.05) is 20.2 Å². The predicted octanol–water partition coefficient (Wildman–Crippen LogP) is 2.47. The van der Waals surface area contributed by atoms with Crippen molar-refractivity contribution in [1.29, 1.82) is 0 Å². The van der Waals surface area contributed by atoms with Gasteiger partial charge in [-0.1, -0.05) is 12.1 Å². The highest BCUT2D eigenvalue weighted by atomic mass is 19.4. The van der Waals surface area contributed by atoms with Crippen molar-refractivity contribution in [3.63, 3.8) is 0 Å². The number of hydrogen-bond donors (Lipinski definition) is 1. The van der Waals surface area contributed by atoms with Crippen molar-refractivity contribution in [1.82, 2.24) is 10.2 Å². The summed E-state index contributed by atoms with van der Waals surface area (Å²) in [5.74, 6) is 0.504. The van der Waals surface area contributed by atoms with Crippen LogP contribution in [0.25, 0.3) is 0 Å². The average molecular weight is 302 g/mol. The highest BCUT2D eigenvalue weighted by Gasteiger charge is 2.33. The van der Waals surface area contributed by atoms with Crippen LogP contribution in [-0.2, 0) is 4.79 Å². The molecule has 0 radical (unpaired) electrons. The van der Waals surface area contributed by atoms with E-state index in [1.807, 2.05) is 0 Å². The lowest BCUT2D eigenvalue weighted by atomic mass is 10.1. The fourth-order valence-electron chi connectivity index (χ4n) is 2.33. The van der Waals surface area contributed by atoms with E-state index in [0.717, 1.165) is 5.56 Å². The molecule has 1 aliphatic heterocycles. The van der Waals surface area contributed by atoms with Crippen molar-refractivity contribution in [2.24, 2.45) is 0 Å². The summed E-state index contributed by atoms with van der Waals surface area (Å²) < 4.78 is 41.6. The van der Waals surface area contributed by atoms with E-state index in [4.69, 9.17) is 4.74 Å². The number of methoxy groups -OCH3 is 1. The Bertz CT molecular complexity index is 488. The Labute approximate surface area is 120 Å². The predicted molar refractivity (Wildman–Crippen MR) is 70.7 cm³/mol. The van der Waals surface area contributed by atoms with Crippen molar-refractivity contribution in [3.05, 3.63) is 29.8 Å². The Morgan fingerprint density at radius 3 is 2.57 bits per heavy atom. The molecule has 21 heavy (non-hydrogen) atoms. The highest BCUT2D eigenvalue weighted by molar-refractivity contribution is 5.80. The van der Waals surface area contributed by atoms with Crippen LogP contribution in [0, 0.1) is 0 Å². The molecule has 1 aliphatic rings. The average Bonchev–Trinajstić information content (AvgIpc) is 2.79. The largest absolute Gasteiger partial charge is 0.497 e. The maximum atomic E-state index is 12.2. The van der Waals surface area contributed by atoms with Gasteiger partial charge < -0.3 is 9.64 Å². The lowest BCUT2D eigenvalue weighted by Gasteiger charge is -2.25. The normalized spacial score (nSPS) is 19.1. The number of carbonyl (C=O) groups is 1. The summed E-state index contributed by atoms with van der Waals surface area (Å²) in [5.41, 5.74) is 0.827. The molecule has 0 spiro atoms. The van der Waals surface area contributed by atoms with Gasteiger partial charge in [-0.05, 0) is 24.1 Å². The molecule has 116 valence electrons. The molecular formula is C14H17F3N2O2. The van der Waals surface area contributed by atoms with Gasteiger partial charge in [0.05, 0.1) is 13.7 Å². The van der Waals surface area contributed by atoms with Crippen LogP contribution in [0.5, 0.6) is 5.75 Å². The number of nitrogens with one attached hydrogen (secondary N) is 1. The smallest absolute Gasteiger partial charge is 0.389 e. The van der Waals surface area contributed by atoms with E-state index in [9.17, 15) is 18.0 Å². The third-order valence-electron chi connectivity index (χ3n) is 3.37. The van der Waals surface area contributed by atoms with Crippen LogP contribution in [0.3, 0.4) is 0 Å². The summed E-state index contributed by atoms with van der Waals surface area (Å²) in [6.07, 6.45) is -5.54. The lowest BCUT2D eigenvalue weighted by Crippen LogP contribution is -2.31. The molecule has 0 saturated carbocycles. The first-order valence-electron chi connectivity index (χ1n) is 6.64. The summed E-state index contributed by atoms with van der Waals surface area (Å²) in [6.45, 7) is 0.227. The molecule has 0 bridgehead atoms. The standard InChI is InChI=1S/C14H17F3N2O2/c1-21-11-5-3-10(4-6-11)13-18-9-12(20)19(13)8-2-7-14(15,16)17/h3-6,13,18H,2,7-9H2,1H3. The minimum Gasteiger partial charge on any atom is -0.497 e. The molecule has 1 aromatic rings. The second-order valence-electron chi connectivity index (χ2n) is 4.86. The number of amides is 1. The van der Waals surface area contributed by atoms with Crippen molar-refractivity contribution < 1.29 is 22.7 Å². The van der Waals surface area contributed by atoms with Crippen molar-refractivity contribution >= 4 is 5.91 Å². The number of halogens is 3. The Kier molecular flexibility index (Phi) is 4.72. The minimum atomic E-state index is -4.19. The van der Waals surface area contributed by atoms with Crippen LogP contribution in [0.15, 0.2) is 24.3 Å². The summed E-state index contributed by atoms with van der Waals surface area (Å²) in [7, 11) is 1.55. The molecule has 1 N–H and O–H groups in total. The van der Waals surface area contributed by atoms with Crippen molar-refractivity contribution in [2.45, 2.75) is 25.2 Å². The van der Waals surface area contributed by atoms with Gasteiger partial charge in [-0.2, -0.15) is 13.2 Å². The van der Waals surface area contributed by atoms with Gasteiger partial charge in [0.15, 0.2) is 0 Å². The highest BCUT2D eigenvalue weighted by Crippen LogP contribution is 2.26. The zero-order valence-corrected chi connectivity index (χ0v) is 11.6. The summed E-state index contributed by atoms with van der Waals surface area (Å²) in [6, 6.07) is 7.11. The zero-order chi connectivity index (χ0) is 15.5. The van der Waals surface area contributed by atoms with E-state index in [1.165, 1.54) is 4.90 Å². The van der Waals surface area contributed by atoms with Crippen LogP contribution >= 0.6 is 0 Å². The first-order chi connectivity index (χ1) is 9.90. The molecule has 1 aromatic carbocycles. The number of nitrogens with zero attached hydrogens (tertiary/aromatic N) is 1. The second-order valence-corrected chi connectivity index (χ2v) is 4.86. The van der Waals surface area contributed by atoms with Crippen LogP contribution in [0.1, 0.15) is 24.6 Å². The Hall–Kier alpha value is -1.76. The Morgan fingerprint density at radius 2 is 2.00 bits per heavy atom. The minimum absolute atomic E-state index is 0.0854. The molecule has 1 fully saturated rings. The zero-order valence-electron chi connectivity index (χ0n) is 11.6. The second kappa shape index (κ2) is 6.34. The van der Waals surface area contributed by atoms with E-state index >= 15 is 0 Å². The number of ether oxygens (including phenoxy) is 1. The molecule has 2 rings (SSSR count). The van der Waals surface area contributed by atoms with E-state index in [1.54, 1.807) is 31.4 Å². The van der Waals surface area contributed by atoms with Gasteiger partial charge in [0.2, 0.25) is 5.91 Å². The van der Waals surface area contributed by atoms with Gasteiger partial charge in [0, 0.05) is 13.0 Å². The fourth-order valence-corrected chi connectivity index (χ4v) is 2.33. The first-order valence-corrected chi connectivity index (χ1v) is 6.64. The number of carbonyl (C=O) groups excluding carboxylic acids is 1. The molecule has 1 saturated heterocycles. The molecule has 4 nitrogen and oxygen atoms in total. The van der Waals surface area contributed by atoms with Crippen molar-refractivity contribution in [3.8, 4) is 5.75 Å². The van der Waals surface area contributed by atoms with Gasteiger partial charge in [0.25, 0.3) is 0 Å². The lowest BCUT2D eigenvalue weighted by molar-refractivity contribution is -0.139. The SMILES string of the molecule is COc1ccc(C2NCC(=O)N2CCCC(F)(F)F)cc1. The van der Waals surface area contributed by atoms with Gasteiger partial charge in [-0.15, -0.1) is 0 Å². The summed E-state index contributed by atoms with van der Waals surface area (Å²) >= 11 is 0. The van der Waals surface area contributed by atoms with E-state index < -0.39 is 12.6 Å². The number of hydrogen-bond acceptors (Lipinski definition) is 3. The van der Waals surface area contributed by atoms with Crippen LogP contribution in [0.2, 0.25) is 0 Å². The molecule has 1 amide bonds. The molecule has 0 aromatic heterocycles. The van der Waals surface area contributed by atoms with E-state index in [2.05, 4.69) is 5.32 Å². The summed E-state index contributed by atoms with van der Waals surface area (Å²) in [4.78, 5) is 13.2. The van der Waals surface area contributed by atoms with E-state index in [-0.39, 0.29) is 31.6 Å². The molecule has 1 unspecified atom stereocenters. The molecule has 1 atom stereocenters. The Balaban J connectivity index is 2.01. The summed E-state index contributed by atoms with van der Waals surface area (Å²) in [5, 5.41) is 3.01. The fraction of sp³-hybridized carbons (Fsp3) is 0.500. The number of benzene rings is 1. The van der Waals surface area contributed by atoms with Gasteiger partial charge >= 0.3 is 6.18 Å². The number of alkyl halides is 3. The van der Waals surface area contributed by atoms with E-state index in [0.29, 0.717) is 5.75 Å². The van der Waals surface area contributed by atoms with Gasteiger partial charge in [-0.25, -0.2) is 0 Å². The maximum absolute atomic E-state index is 12.2. The quantitative estimate of drug-likeness (QED) is 0.908. The van der Waals surface area contributed by atoms with Crippen LogP contribution < -0.4 is 10.1 Å². The van der Waals surface area contributed by atoms with Crippen LogP contribution in [-0.4, -0.2) is 37.2 Å². The molecule has 0 aliphatic carbocycles. The number of rotatable bonds is 5.